The molecule has 176 valence electrons. The molecule has 1 aliphatic carbocycles. The Hall–Kier alpha value is -2.19. The number of ether oxygens (including phenoxy) is 1. The van der Waals surface area contributed by atoms with E-state index in [1.54, 1.807) is 6.92 Å². The minimum atomic E-state index is -3.69. The average Bonchev–Trinajstić information content (AvgIpc) is 3.11. The lowest BCUT2D eigenvalue weighted by molar-refractivity contribution is -0.136. The van der Waals surface area contributed by atoms with Crippen molar-refractivity contribution < 1.29 is 27.5 Å². The Balaban J connectivity index is 1.59. The SMILES string of the molecule is CCCC(C(=O)O)S(=O)(=O)C[C@@H]1CCCC(OCc2nc(-c3ccc(C)cc3)oc2C)C1. The van der Waals surface area contributed by atoms with E-state index < -0.39 is 21.1 Å². The number of aryl methyl sites for hydroxylation is 2. The first-order chi connectivity index (χ1) is 15.2. The van der Waals surface area contributed by atoms with Crippen molar-refractivity contribution in [3.8, 4) is 11.5 Å². The normalized spacial score (nSPS) is 20.2. The molecule has 1 N–H and O–H groups in total. The van der Waals surface area contributed by atoms with Crippen molar-refractivity contribution in [2.24, 2.45) is 5.92 Å². The number of carboxylic acids is 1. The molecular formula is C24H33NO6S. The second-order valence-electron chi connectivity index (χ2n) is 8.80. The van der Waals surface area contributed by atoms with Gasteiger partial charge in [-0.25, -0.2) is 13.4 Å². The summed E-state index contributed by atoms with van der Waals surface area (Å²) in [6.45, 7) is 5.99. The number of hydrogen-bond donors (Lipinski definition) is 1. The van der Waals surface area contributed by atoms with Crippen LogP contribution >= 0.6 is 0 Å². The summed E-state index contributed by atoms with van der Waals surface area (Å²) in [5, 5.41) is 8.02. The van der Waals surface area contributed by atoms with Crippen LogP contribution in [0.1, 0.15) is 62.5 Å². The molecule has 0 spiro atoms. The molecule has 0 radical (unpaired) electrons. The summed E-state index contributed by atoms with van der Waals surface area (Å²) in [6, 6.07) is 7.97. The van der Waals surface area contributed by atoms with Gasteiger partial charge in [0.15, 0.2) is 15.1 Å². The third kappa shape index (κ3) is 6.19. The molecule has 1 fully saturated rings. The minimum Gasteiger partial charge on any atom is -0.480 e. The molecule has 32 heavy (non-hydrogen) atoms. The van der Waals surface area contributed by atoms with Gasteiger partial charge >= 0.3 is 5.97 Å². The highest BCUT2D eigenvalue weighted by Gasteiger charge is 2.35. The molecule has 2 aromatic rings. The van der Waals surface area contributed by atoms with Gasteiger partial charge in [0.25, 0.3) is 0 Å². The molecule has 1 aromatic heterocycles. The average molecular weight is 464 g/mol. The number of rotatable bonds is 10. The number of aromatic nitrogens is 1. The van der Waals surface area contributed by atoms with Crippen LogP contribution in [-0.4, -0.2) is 41.6 Å². The van der Waals surface area contributed by atoms with Crippen LogP contribution in [0.2, 0.25) is 0 Å². The van der Waals surface area contributed by atoms with Crippen molar-refractivity contribution in [3.63, 3.8) is 0 Å². The quantitative estimate of drug-likeness (QED) is 0.544. The van der Waals surface area contributed by atoms with Crippen LogP contribution in [0.5, 0.6) is 0 Å². The van der Waals surface area contributed by atoms with E-state index in [0.717, 1.165) is 30.5 Å². The first-order valence-corrected chi connectivity index (χ1v) is 13.0. The molecule has 8 heteroatoms. The third-order valence-corrected chi connectivity index (χ3v) is 8.35. The summed E-state index contributed by atoms with van der Waals surface area (Å²) in [5.74, 6) is -0.159. The van der Waals surface area contributed by atoms with Crippen LogP contribution in [0.25, 0.3) is 11.5 Å². The fraction of sp³-hybridized carbons (Fsp3) is 0.583. The summed E-state index contributed by atoms with van der Waals surface area (Å²) in [7, 11) is -3.69. The van der Waals surface area contributed by atoms with E-state index in [1.165, 1.54) is 5.56 Å². The molecule has 1 aliphatic rings. The highest BCUT2D eigenvalue weighted by atomic mass is 32.2. The summed E-state index contributed by atoms with van der Waals surface area (Å²) < 4.78 is 37.2. The first kappa shape index (κ1) is 24.5. The predicted molar refractivity (Wildman–Crippen MR) is 122 cm³/mol. The van der Waals surface area contributed by atoms with Crippen molar-refractivity contribution in [2.75, 3.05) is 5.75 Å². The minimum absolute atomic E-state index is 0.0719. The first-order valence-electron chi connectivity index (χ1n) is 11.3. The molecule has 0 amide bonds. The van der Waals surface area contributed by atoms with Crippen molar-refractivity contribution in [2.45, 2.75) is 77.3 Å². The van der Waals surface area contributed by atoms with Crippen LogP contribution in [0.4, 0.5) is 0 Å². The van der Waals surface area contributed by atoms with Gasteiger partial charge in [-0.05, 0) is 57.6 Å². The van der Waals surface area contributed by atoms with Gasteiger partial charge in [-0.1, -0.05) is 37.5 Å². The molecule has 0 saturated heterocycles. The summed E-state index contributed by atoms with van der Waals surface area (Å²) >= 11 is 0. The largest absolute Gasteiger partial charge is 0.480 e. The second kappa shape index (κ2) is 10.6. The predicted octanol–water partition coefficient (Wildman–Crippen LogP) is 4.70. The summed E-state index contributed by atoms with van der Waals surface area (Å²) in [6.07, 6.45) is 3.71. The molecule has 3 rings (SSSR count). The number of aliphatic carboxylic acids is 1. The lowest BCUT2D eigenvalue weighted by atomic mass is 9.88. The van der Waals surface area contributed by atoms with Crippen molar-refractivity contribution in [3.05, 3.63) is 41.3 Å². The van der Waals surface area contributed by atoms with Crippen molar-refractivity contribution in [1.82, 2.24) is 4.98 Å². The maximum absolute atomic E-state index is 12.7. The Bertz CT molecular complexity index is 1010. The smallest absolute Gasteiger partial charge is 0.321 e. The fourth-order valence-electron chi connectivity index (χ4n) is 4.29. The van der Waals surface area contributed by atoms with Gasteiger partial charge in [-0.3, -0.25) is 4.79 Å². The number of oxazole rings is 1. The van der Waals surface area contributed by atoms with Crippen molar-refractivity contribution in [1.29, 1.82) is 0 Å². The number of carbonyl (C=O) groups is 1. The van der Waals surface area contributed by atoms with E-state index >= 15 is 0 Å². The van der Waals surface area contributed by atoms with Crippen LogP contribution < -0.4 is 0 Å². The Morgan fingerprint density at radius 2 is 1.97 bits per heavy atom. The van der Waals surface area contributed by atoms with Gasteiger partial charge in [0.1, 0.15) is 11.5 Å². The van der Waals surface area contributed by atoms with Gasteiger partial charge in [0.2, 0.25) is 5.89 Å². The highest BCUT2D eigenvalue weighted by Crippen LogP contribution is 2.30. The Labute approximate surface area is 190 Å². The van der Waals surface area contributed by atoms with Crippen LogP contribution in [0, 0.1) is 19.8 Å². The molecule has 0 aliphatic heterocycles. The van der Waals surface area contributed by atoms with Gasteiger partial charge < -0.3 is 14.3 Å². The fourth-order valence-corrected chi connectivity index (χ4v) is 6.38. The van der Waals surface area contributed by atoms with E-state index in [2.05, 4.69) is 4.98 Å². The van der Waals surface area contributed by atoms with Crippen LogP contribution in [0.3, 0.4) is 0 Å². The van der Waals surface area contributed by atoms with Crippen molar-refractivity contribution >= 4 is 15.8 Å². The van der Waals surface area contributed by atoms with E-state index in [0.29, 0.717) is 31.1 Å². The van der Waals surface area contributed by atoms with Crippen LogP contribution in [-0.2, 0) is 26.0 Å². The zero-order chi connectivity index (χ0) is 23.3. The standard InChI is InChI=1S/C24H33NO6S/c1-4-6-22(24(26)27)32(28,29)15-18-7-5-8-20(13-18)30-14-21-17(3)31-23(25-21)19-11-9-16(2)10-12-19/h9-12,18,20,22H,4-8,13-15H2,1-3H3,(H,26,27)/t18-,20?,22?/m1/s1. The number of benzene rings is 1. The monoisotopic (exact) mass is 463 g/mol. The van der Waals surface area contributed by atoms with Gasteiger partial charge in [-0.15, -0.1) is 0 Å². The number of hydrogen-bond acceptors (Lipinski definition) is 6. The summed E-state index contributed by atoms with van der Waals surface area (Å²) in [4.78, 5) is 16.0. The maximum Gasteiger partial charge on any atom is 0.321 e. The molecule has 1 heterocycles. The van der Waals surface area contributed by atoms with E-state index in [4.69, 9.17) is 9.15 Å². The number of sulfone groups is 1. The topological polar surface area (TPSA) is 107 Å². The zero-order valence-corrected chi connectivity index (χ0v) is 19.9. The molecule has 2 unspecified atom stereocenters. The van der Waals surface area contributed by atoms with E-state index in [9.17, 15) is 18.3 Å². The molecule has 3 atom stereocenters. The van der Waals surface area contributed by atoms with Gasteiger partial charge in [-0.2, -0.15) is 0 Å². The lowest BCUT2D eigenvalue weighted by Gasteiger charge is -2.29. The zero-order valence-electron chi connectivity index (χ0n) is 19.0. The lowest BCUT2D eigenvalue weighted by Crippen LogP contribution is -2.36. The number of nitrogens with zero attached hydrogens (tertiary/aromatic N) is 1. The third-order valence-electron chi connectivity index (χ3n) is 6.11. The van der Waals surface area contributed by atoms with Gasteiger partial charge in [0.05, 0.1) is 18.5 Å². The molecule has 0 bridgehead atoms. The van der Waals surface area contributed by atoms with E-state index in [-0.39, 0.29) is 24.2 Å². The molecular weight excluding hydrogens is 430 g/mol. The highest BCUT2D eigenvalue weighted by molar-refractivity contribution is 7.92. The van der Waals surface area contributed by atoms with Gasteiger partial charge in [0, 0.05) is 5.56 Å². The Kier molecular flexibility index (Phi) is 8.11. The molecule has 1 aromatic carbocycles. The molecule has 1 saturated carbocycles. The van der Waals surface area contributed by atoms with Crippen LogP contribution in [0.15, 0.2) is 28.7 Å². The molecule has 7 nitrogen and oxygen atoms in total. The Morgan fingerprint density at radius 3 is 2.62 bits per heavy atom. The summed E-state index contributed by atoms with van der Waals surface area (Å²) in [5.41, 5.74) is 2.82. The van der Waals surface area contributed by atoms with E-state index in [1.807, 2.05) is 38.1 Å². The Morgan fingerprint density at radius 1 is 1.25 bits per heavy atom. The maximum atomic E-state index is 12.7. The number of carboxylic acid groups (broad SMARTS) is 1. The second-order valence-corrected chi connectivity index (χ2v) is 11.0.